The quantitative estimate of drug-likeness (QED) is 0.766. The van der Waals surface area contributed by atoms with E-state index in [4.69, 9.17) is 0 Å². The molecule has 1 atom stereocenters. The summed E-state index contributed by atoms with van der Waals surface area (Å²) >= 11 is 0. The van der Waals surface area contributed by atoms with Gasteiger partial charge in [-0.25, -0.2) is 8.78 Å². The highest BCUT2D eigenvalue weighted by Gasteiger charge is 2.30. The Labute approximate surface area is 111 Å². The number of halogens is 2. The van der Waals surface area contributed by atoms with Gasteiger partial charge in [0.15, 0.2) is 11.6 Å². The summed E-state index contributed by atoms with van der Waals surface area (Å²) in [6, 6.07) is 3.35. The normalized spacial score (nSPS) is 19.6. The van der Waals surface area contributed by atoms with Crippen molar-refractivity contribution in [2.75, 3.05) is 13.1 Å². The van der Waals surface area contributed by atoms with Crippen molar-refractivity contribution >= 4 is 0 Å². The molecule has 0 heterocycles. The van der Waals surface area contributed by atoms with E-state index in [-0.39, 0.29) is 6.54 Å². The third-order valence-electron chi connectivity index (χ3n) is 3.65. The van der Waals surface area contributed by atoms with Crippen LogP contribution < -0.4 is 5.32 Å². The minimum Gasteiger partial charge on any atom is -0.389 e. The first-order valence-electron chi connectivity index (χ1n) is 6.56. The first-order chi connectivity index (χ1) is 9.00. The number of nitrogens with one attached hydrogen (secondary N) is 1. The maximum absolute atomic E-state index is 13.0. The van der Waals surface area contributed by atoms with Gasteiger partial charge >= 0.3 is 0 Å². The molecule has 1 aromatic carbocycles. The Morgan fingerprint density at radius 1 is 1.21 bits per heavy atom. The number of hydrogen-bond donors (Lipinski definition) is 3. The monoisotopic (exact) mass is 271 g/mol. The molecule has 0 spiro atoms. The molecule has 0 bridgehead atoms. The lowest BCUT2D eigenvalue weighted by molar-refractivity contribution is 0.0438. The Kier molecular flexibility index (Phi) is 4.50. The summed E-state index contributed by atoms with van der Waals surface area (Å²) in [4.78, 5) is 0. The second-order valence-electron chi connectivity index (χ2n) is 5.25. The van der Waals surface area contributed by atoms with Crippen molar-refractivity contribution in [1.29, 1.82) is 0 Å². The van der Waals surface area contributed by atoms with Gasteiger partial charge in [-0.2, -0.15) is 0 Å². The fourth-order valence-electron chi connectivity index (χ4n) is 2.49. The van der Waals surface area contributed by atoms with Gasteiger partial charge < -0.3 is 15.5 Å². The minimum atomic E-state index is -0.967. The highest BCUT2D eigenvalue weighted by molar-refractivity contribution is 5.20. The molecule has 0 radical (unpaired) electrons. The van der Waals surface area contributed by atoms with Gasteiger partial charge in [-0.05, 0) is 30.5 Å². The zero-order valence-electron chi connectivity index (χ0n) is 10.7. The molecular weight excluding hydrogens is 252 g/mol. The lowest BCUT2D eigenvalue weighted by Crippen LogP contribution is -2.39. The summed E-state index contributed by atoms with van der Waals surface area (Å²) in [7, 11) is 0. The average molecular weight is 271 g/mol. The van der Waals surface area contributed by atoms with Crippen molar-refractivity contribution in [3.63, 3.8) is 0 Å². The molecule has 106 valence electrons. The molecule has 1 aromatic rings. The molecule has 3 N–H and O–H groups in total. The van der Waals surface area contributed by atoms with Crippen molar-refractivity contribution < 1.29 is 19.0 Å². The van der Waals surface area contributed by atoms with Crippen LogP contribution in [0.2, 0.25) is 0 Å². The van der Waals surface area contributed by atoms with Gasteiger partial charge in [0, 0.05) is 13.1 Å². The van der Waals surface area contributed by atoms with Crippen molar-refractivity contribution in [3.05, 3.63) is 35.4 Å². The molecule has 19 heavy (non-hydrogen) atoms. The fourth-order valence-corrected chi connectivity index (χ4v) is 2.49. The predicted octanol–water partition coefficient (Wildman–Crippen LogP) is 1.89. The van der Waals surface area contributed by atoms with Gasteiger partial charge in [0.2, 0.25) is 0 Å². The average Bonchev–Trinajstić information content (AvgIpc) is 2.79. The van der Waals surface area contributed by atoms with E-state index < -0.39 is 23.3 Å². The summed E-state index contributed by atoms with van der Waals surface area (Å²) in [5.41, 5.74) is -0.363. The van der Waals surface area contributed by atoms with E-state index in [0.717, 1.165) is 37.8 Å². The molecule has 0 aromatic heterocycles. The van der Waals surface area contributed by atoms with Gasteiger partial charge in [-0.3, -0.25) is 0 Å². The smallest absolute Gasteiger partial charge is 0.159 e. The largest absolute Gasteiger partial charge is 0.389 e. The summed E-state index contributed by atoms with van der Waals surface area (Å²) in [6.45, 7) is 0.612. The van der Waals surface area contributed by atoms with Gasteiger partial charge in [0.05, 0.1) is 11.7 Å². The van der Waals surface area contributed by atoms with E-state index in [2.05, 4.69) is 5.32 Å². The molecule has 1 aliphatic carbocycles. The third-order valence-corrected chi connectivity index (χ3v) is 3.65. The molecule has 1 aliphatic rings. The first-order valence-corrected chi connectivity index (χ1v) is 6.56. The van der Waals surface area contributed by atoms with Crippen LogP contribution in [0.5, 0.6) is 0 Å². The molecule has 1 saturated carbocycles. The molecule has 1 unspecified atom stereocenters. The Morgan fingerprint density at radius 3 is 2.53 bits per heavy atom. The van der Waals surface area contributed by atoms with Crippen molar-refractivity contribution in [2.24, 2.45) is 0 Å². The second-order valence-corrected chi connectivity index (χ2v) is 5.25. The van der Waals surface area contributed by atoms with Crippen molar-refractivity contribution in [2.45, 2.75) is 37.4 Å². The predicted molar refractivity (Wildman–Crippen MR) is 67.6 cm³/mol. The SMILES string of the molecule is OC(CNCC1(O)CCCC1)c1ccc(F)c(F)c1. The van der Waals surface area contributed by atoms with Crippen LogP contribution >= 0.6 is 0 Å². The van der Waals surface area contributed by atoms with E-state index in [1.807, 2.05) is 0 Å². The molecule has 0 amide bonds. The van der Waals surface area contributed by atoms with Crippen molar-refractivity contribution in [1.82, 2.24) is 5.32 Å². The van der Waals surface area contributed by atoms with E-state index in [0.29, 0.717) is 12.1 Å². The van der Waals surface area contributed by atoms with Crippen LogP contribution in [0.3, 0.4) is 0 Å². The number of aliphatic hydroxyl groups excluding tert-OH is 1. The van der Waals surface area contributed by atoms with Gasteiger partial charge in [0.1, 0.15) is 0 Å². The summed E-state index contributed by atoms with van der Waals surface area (Å²) in [5.74, 6) is -1.89. The van der Waals surface area contributed by atoms with E-state index >= 15 is 0 Å². The molecule has 0 saturated heterocycles. The van der Waals surface area contributed by atoms with Crippen LogP contribution in [0.15, 0.2) is 18.2 Å². The highest BCUT2D eigenvalue weighted by Crippen LogP contribution is 2.28. The van der Waals surface area contributed by atoms with E-state index in [1.165, 1.54) is 6.07 Å². The zero-order valence-corrected chi connectivity index (χ0v) is 10.7. The minimum absolute atomic E-state index is 0.202. The van der Waals surface area contributed by atoms with E-state index in [9.17, 15) is 19.0 Å². The fraction of sp³-hybridized carbons (Fsp3) is 0.571. The topological polar surface area (TPSA) is 52.5 Å². The van der Waals surface area contributed by atoms with Crippen LogP contribution in [-0.2, 0) is 0 Å². The molecule has 5 heteroatoms. The maximum Gasteiger partial charge on any atom is 0.159 e. The molecule has 1 fully saturated rings. The first kappa shape index (κ1) is 14.4. The lowest BCUT2D eigenvalue weighted by Gasteiger charge is -2.23. The Hall–Kier alpha value is -1.04. The molecular formula is C14H19F2NO2. The van der Waals surface area contributed by atoms with Gasteiger partial charge in [-0.1, -0.05) is 18.9 Å². The Bertz CT molecular complexity index is 433. The number of benzene rings is 1. The van der Waals surface area contributed by atoms with Crippen LogP contribution in [0.25, 0.3) is 0 Å². The zero-order chi connectivity index (χ0) is 13.9. The standard InChI is InChI=1S/C14H19F2NO2/c15-11-4-3-10(7-12(11)16)13(18)8-17-9-14(19)5-1-2-6-14/h3-4,7,13,17-19H,1-2,5-6,8-9H2. The van der Waals surface area contributed by atoms with Crippen LogP contribution in [0.1, 0.15) is 37.4 Å². The van der Waals surface area contributed by atoms with E-state index in [1.54, 1.807) is 0 Å². The van der Waals surface area contributed by atoms with Crippen molar-refractivity contribution in [3.8, 4) is 0 Å². The van der Waals surface area contributed by atoms with Crippen LogP contribution in [0, 0.1) is 11.6 Å². The van der Waals surface area contributed by atoms with Gasteiger partial charge in [-0.15, -0.1) is 0 Å². The number of rotatable bonds is 5. The summed E-state index contributed by atoms with van der Waals surface area (Å²) in [5, 5.41) is 22.9. The summed E-state index contributed by atoms with van der Waals surface area (Å²) in [6.07, 6.45) is 2.65. The molecule has 0 aliphatic heterocycles. The Morgan fingerprint density at radius 2 is 1.89 bits per heavy atom. The third kappa shape index (κ3) is 3.72. The van der Waals surface area contributed by atoms with Crippen LogP contribution in [0.4, 0.5) is 8.78 Å². The number of aliphatic hydroxyl groups is 2. The molecule has 3 nitrogen and oxygen atoms in total. The highest BCUT2D eigenvalue weighted by atomic mass is 19.2. The maximum atomic E-state index is 13.0. The molecule has 2 rings (SSSR count). The van der Waals surface area contributed by atoms with Gasteiger partial charge in [0.25, 0.3) is 0 Å². The number of hydrogen-bond acceptors (Lipinski definition) is 3. The summed E-state index contributed by atoms with van der Waals surface area (Å²) < 4.78 is 25.8. The van der Waals surface area contributed by atoms with Crippen LogP contribution in [-0.4, -0.2) is 28.9 Å². The Balaban J connectivity index is 1.83. The lowest BCUT2D eigenvalue weighted by atomic mass is 10.0. The second kappa shape index (κ2) is 5.94.